The van der Waals surface area contributed by atoms with Gasteiger partial charge in [0.25, 0.3) is 10.0 Å². The van der Waals surface area contributed by atoms with E-state index in [0.717, 1.165) is 4.09 Å². The number of thiophene rings is 1. The normalized spacial score (nSPS) is 18.8. The van der Waals surface area contributed by atoms with Gasteiger partial charge < -0.3 is 4.90 Å². The molecule has 1 aromatic carbocycles. The number of rotatable bonds is 6. The zero-order chi connectivity index (χ0) is 27.0. The predicted molar refractivity (Wildman–Crippen MR) is 136 cm³/mol. The van der Waals surface area contributed by atoms with Crippen LogP contribution in [0.1, 0.15) is 26.7 Å². The number of anilines is 1. The molecule has 0 atom stereocenters. The number of fused-ring (bicyclic) bond motifs is 1. The van der Waals surface area contributed by atoms with Crippen molar-refractivity contribution < 1.29 is 30.0 Å². The minimum atomic E-state index is -4.31. The molecular weight excluding hydrogens is 573 g/mol. The molecule has 0 unspecified atom stereocenters. The number of piperazine rings is 1. The Morgan fingerprint density at radius 3 is 2.38 bits per heavy atom. The van der Waals surface area contributed by atoms with E-state index in [0.29, 0.717) is 35.4 Å². The van der Waals surface area contributed by atoms with Crippen LogP contribution < -0.4 is 4.90 Å². The van der Waals surface area contributed by atoms with Crippen LogP contribution in [0.25, 0.3) is 10.9 Å². The molecule has 0 N–H and O–H groups in total. The molecule has 0 radical (unpaired) electrons. The number of hydrogen-bond donors (Lipinski definition) is 0. The standard InChI is InChI=1S/C22H24ClF3N4O4S3/c1-14(2)36(31,32)17-6-7-18(35-17)37(33,34)30-16-5-3-4-15(23)19(16)20(27-30)29-11-10-28(13-22(24,25)26)12-21(29)8-9-21/h3-7,14H,8-13H2,1-2H3. The first-order valence-electron chi connectivity index (χ1n) is 11.5. The maximum Gasteiger partial charge on any atom is 0.401 e. The monoisotopic (exact) mass is 596 g/mol. The summed E-state index contributed by atoms with van der Waals surface area (Å²) in [5.41, 5.74) is -0.377. The largest absolute Gasteiger partial charge is 0.401 e. The fourth-order valence-electron chi connectivity index (χ4n) is 4.72. The summed E-state index contributed by atoms with van der Waals surface area (Å²) in [7, 11) is -7.98. The van der Waals surface area contributed by atoms with Crippen molar-refractivity contribution in [3.05, 3.63) is 35.4 Å². The van der Waals surface area contributed by atoms with Gasteiger partial charge in [0.15, 0.2) is 15.7 Å². The minimum absolute atomic E-state index is 0.0616. The number of halogens is 4. The van der Waals surface area contributed by atoms with E-state index in [4.69, 9.17) is 11.6 Å². The van der Waals surface area contributed by atoms with Crippen LogP contribution in [0, 0.1) is 0 Å². The first kappa shape index (κ1) is 26.7. The Labute approximate surface area is 221 Å². The molecule has 5 rings (SSSR count). The van der Waals surface area contributed by atoms with Gasteiger partial charge in [0.2, 0.25) is 0 Å². The Morgan fingerprint density at radius 1 is 1.08 bits per heavy atom. The highest BCUT2D eigenvalue weighted by Crippen LogP contribution is 2.49. The van der Waals surface area contributed by atoms with E-state index in [1.54, 1.807) is 18.2 Å². The van der Waals surface area contributed by atoms with Gasteiger partial charge in [0.1, 0.15) is 8.42 Å². The third-order valence-electron chi connectivity index (χ3n) is 6.76. The van der Waals surface area contributed by atoms with Crippen molar-refractivity contribution in [3.63, 3.8) is 0 Å². The Kier molecular flexibility index (Phi) is 6.38. The molecule has 1 aliphatic carbocycles. The molecule has 0 bridgehead atoms. The zero-order valence-electron chi connectivity index (χ0n) is 19.9. The molecule has 3 aromatic rings. The first-order chi connectivity index (χ1) is 17.2. The summed E-state index contributed by atoms with van der Waals surface area (Å²) in [5, 5.41) is 4.38. The first-order valence-corrected chi connectivity index (χ1v) is 15.7. The van der Waals surface area contributed by atoms with Crippen LogP contribution in [0.4, 0.5) is 19.0 Å². The zero-order valence-corrected chi connectivity index (χ0v) is 23.1. The van der Waals surface area contributed by atoms with Gasteiger partial charge in [0.05, 0.1) is 33.3 Å². The molecule has 3 heterocycles. The smallest absolute Gasteiger partial charge is 0.346 e. The molecule has 37 heavy (non-hydrogen) atoms. The SMILES string of the molecule is CC(C)S(=O)(=O)c1ccc(S(=O)(=O)n2nc(N3CCN(CC(F)(F)F)CC34CC4)c3c(Cl)cccc32)s1. The minimum Gasteiger partial charge on any atom is -0.346 e. The van der Waals surface area contributed by atoms with E-state index in [9.17, 15) is 30.0 Å². The van der Waals surface area contributed by atoms with Crippen LogP contribution in [0.15, 0.2) is 38.8 Å². The quantitative estimate of drug-likeness (QED) is 0.417. The molecule has 202 valence electrons. The topological polar surface area (TPSA) is 92.6 Å². The van der Waals surface area contributed by atoms with E-state index in [-0.39, 0.29) is 38.6 Å². The Morgan fingerprint density at radius 2 is 1.76 bits per heavy atom. The van der Waals surface area contributed by atoms with Crippen molar-refractivity contribution in [2.45, 2.75) is 52.1 Å². The van der Waals surface area contributed by atoms with Crippen molar-refractivity contribution in [1.29, 1.82) is 0 Å². The van der Waals surface area contributed by atoms with Gasteiger partial charge in [-0.3, -0.25) is 4.90 Å². The Bertz CT molecular complexity index is 1580. The van der Waals surface area contributed by atoms with Gasteiger partial charge >= 0.3 is 6.18 Å². The molecule has 1 saturated heterocycles. The summed E-state index contributed by atoms with van der Waals surface area (Å²) in [6.07, 6.45) is -3.02. The van der Waals surface area contributed by atoms with Gasteiger partial charge in [-0.25, -0.2) is 8.42 Å². The second kappa shape index (κ2) is 8.83. The lowest BCUT2D eigenvalue weighted by Gasteiger charge is -2.42. The predicted octanol–water partition coefficient (Wildman–Crippen LogP) is 4.39. The second-order valence-corrected chi connectivity index (χ2v) is 15.9. The third-order valence-corrected chi connectivity index (χ3v) is 12.9. The molecule has 2 fully saturated rings. The Balaban J connectivity index is 1.58. The highest BCUT2D eigenvalue weighted by atomic mass is 35.5. The maximum absolute atomic E-state index is 13.7. The number of benzene rings is 1. The molecule has 2 aromatic heterocycles. The van der Waals surface area contributed by atoms with Crippen LogP contribution >= 0.6 is 22.9 Å². The molecular formula is C22H24ClF3N4O4S3. The van der Waals surface area contributed by atoms with Crippen LogP contribution in [0.3, 0.4) is 0 Å². The molecule has 15 heteroatoms. The molecule has 0 amide bonds. The van der Waals surface area contributed by atoms with Gasteiger partial charge in [0, 0.05) is 19.6 Å². The molecule has 2 aliphatic rings. The van der Waals surface area contributed by atoms with Crippen LogP contribution in [-0.2, 0) is 19.9 Å². The van der Waals surface area contributed by atoms with E-state index < -0.39 is 43.4 Å². The number of alkyl halides is 3. The summed E-state index contributed by atoms with van der Waals surface area (Å²) in [5.74, 6) is 0.292. The average Bonchev–Trinajstić information content (AvgIpc) is 3.21. The number of aromatic nitrogens is 2. The van der Waals surface area contributed by atoms with Crippen molar-refractivity contribution in [1.82, 2.24) is 14.1 Å². The number of hydrogen-bond acceptors (Lipinski definition) is 8. The lowest BCUT2D eigenvalue weighted by Crippen LogP contribution is -2.57. The van der Waals surface area contributed by atoms with Crippen LogP contribution in [0.2, 0.25) is 5.02 Å². The third kappa shape index (κ3) is 4.64. The van der Waals surface area contributed by atoms with Crippen molar-refractivity contribution in [3.8, 4) is 0 Å². The molecule has 8 nitrogen and oxygen atoms in total. The Hall–Kier alpha value is -1.87. The molecule has 1 saturated carbocycles. The lowest BCUT2D eigenvalue weighted by molar-refractivity contribution is -0.147. The van der Waals surface area contributed by atoms with Gasteiger partial charge in [-0.05, 0) is 51.0 Å². The van der Waals surface area contributed by atoms with E-state index in [2.05, 4.69) is 5.10 Å². The lowest BCUT2D eigenvalue weighted by atomic mass is 10.1. The highest BCUT2D eigenvalue weighted by molar-refractivity contribution is 7.95. The number of sulfone groups is 1. The van der Waals surface area contributed by atoms with Crippen molar-refractivity contribution in [2.24, 2.45) is 0 Å². The summed E-state index contributed by atoms with van der Waals surface area (Å²) in [6, 6.07) is 7.24. The maximum atomic E-state index is 13.7. The van der Waals surface area contributed by atoms with E-state index in [1.807, 2.05) is 4.90 Å². The number of nitrogens with zero attached hydrogens (tertiary/aromatic N) is 4. The van der Waals surface area contributed by atoms with Crippen LogP contribution in [-0.4, -0.2) is 74.1 Å². The summed E-state index contributed by atoms with van der Waals surface area (Å²) in [4.78, 5) is 3.24. The highest BCUT2D eigenvalue weighted by Gasteiger charge is 2.53. The van der Waals surface area contributed by atoms with Gasteiger partial charge in [-0.2, -0.15) is 25.7 Å². The fraction of sp³-hybridized carbons (Fsp3) is 0.500. The van der Waals surface area contributed by atoms with Gasteiger partial charge in [-0.1, -0.05) is 17.7 Å². The van der Waals surface area contributed by atoms with Gasteiger partial charge in [-0.15, -0.1) is 16.4 Å². The summed E-state index contributed by atoms with van der Waals surface area (Å²) < 4.78 is 92.1. The average molecular weight is 597 g/mol. The van der Waals surface area contributed by atoms with Crippen molar-refractivity contribution >= 4 is 59.5 Å². The summed E-state index contributed by atoms with van der Waals surface area (Å²) >= 11 is 7.16. The molecule has 1 spiro atoms. The van der Waals surface area contributed by atoms with E-state index >= 15 is 0 Å². The van der Waals surface area contributed by atoms with E-state index in [1.165, 1.54) is 30.9 Å². The van der Waals surface area contributed by atoms with Crippen molar-refractivity contribution in [2.75, 3.05) is 31.1 Å². The molecule has 1 aliphatic heterocycles. The fourth-order valence-corrected chi connectivity index (χ4v) is 9.54. The van der Waals surface area contributed by atoms with Crippen LogP contribution in [0.5, 0.6) is 0 Å². The second-order valence-electron chi connectivity index (χ2n) is 9.67. The summed E-state index contributed by atoms with van der Waals surface area (Å²) in [6.45, 7) is 2.56.